The number of hydrogen-bond donors (Lipinski definition) is 12. The van der Waals surface area contributed by atoms with E-state index >= 15 is 0 Å². The van der Waals surface area contributed by atoms with Crippen molar-refractivity contribution in [3.8, 4) is 0 Å². The number of rotatable bonds is 15. The molecule has 194 valence electrons. The molecule has 0 amide bonds. The first-order chi connectivity index (χ1) is 13.9. The summed E-state index contributed by atoms with van der Waals surface area (Å²) in [6, 6.07) is -2.05. The zero-order valence-electron chi connectivity index (χ0n) is 16.3. The van der Waals surface area contributed by atoms with Crippen molar-refractivity contribution < 1.29 is 71.8 Å². The van der Waals surface area contributed by atoms with Gasteiger partial charge in [-0.15, -0.1) is 0 Å². The van der Waals surface area contributed by atoms with Crippen LogP contribution in [0.1, 0.15) is 0 Å². The lowest BCUT2D eigenvalue weighted by Crippen LogP contribution is -2.67. The third-order valence-corrected chi connectivity index (χ3v) is 8.08. The van der Waals surface area contributed by atoms with Crippen molar-refractivity contribution in [1.29, 1.82) is 0 Å². The first kappa shape index (κ1) is 32.6. The Morgan fingerprint density at radius 3 is 1.31 bits per heavy atom. The molecule has 0 aromatic rings. The van der Waals surface area contributed by atoms with Gasteiger partial charge in [-0.1, -0.05) is 0 Å². The Kier molecular flexibility index (Phi) is 11.8. The van der Waals surface area contributed by atoms with Gasteiger partial charge in [0.15, 0.2) is 0 Å². The van der Waals surface area contributed by atoms with E-state index in [0.29, 0.717) is 0 Å². The third kappa shape index (κ3) is 14.1. The number of nitrogens with zero attached hydrogens (tertiary/aromatic N) is 1. The average Bonchev–Trinajstić information content (AvgIpc) is 2.43. The largest absolute Gasteiger partial charge is 0.339 e. The molecule has 0 rings (SSSR count). The van der Waals surface area contributed by atoms with Crippen LogP contribution in [0.5, 0.6) is 0 Å². The summed E-state index contributed by atoms with van der Waals surface area (Å²) in [5.41, 5.74) is 2.33. The molecule has 0 radical (unpaired) electrons. The van der Waals surface area contributed by atoms with Gasteiger partial charge in [-0.25, -0.2) is 0 Å². The minimum atomic E-state index is -5.42. The molecule has 1 atom stereocenters. The number of nitrogens with two attached hydrogens (primary N) is 1. The zero-order chi connectivity index (χ0) is 25.8. The van der Waals surface area contributed by atoms with E-state index in [2.05, 4.69) is 5.32 Å². The van der Waals surface area contributed by atoms with Crippen molar-refractivity contribution in [1.82, 2.24) is 10.2 Å². The van der Waals surface area contributed by atoms with Crippen LogP contribution >= 0.6 is 38.0 Å². The maximum Gasteiger partial charge on any atom is 0.339 e. The Morgan fingerprint density at radius 2 is 1.06 bits per heavy atom. The van der Waals surface area contributed by atoms with Crippen LogP contribution in [0.25, 0.3) is 0 Å². The summed E-state index contributed by atoms with van der Waals surface area (Å²) in [4.78, 5) is 94.6. The molecule has 1 unspecified atom stereocenters. The van der Waals surface area contributed by atoms with Gasteiger partial charge in [0, 0.05) is 19.1 Å². The molecule has 0 aliphatic heterocycles. The van der Waals surface area contributed by atoms with E-state index < -0.39 is 80.6 Å². The van der Waals surface area contributed by atoms with Gasteiger partial charge in [0.25, 0.3) is 0 Å². The van der Waals surface area contributed by atoms with Crippen molar-refractivity contribution >= 4 is 38.0 Å². The van der Waals surface area contributed by atoms with Crippen LogP contribution in [0.4, 0.5) is 0 Å². The van der Waals surface area contributed by atoms with Crippen molar-refractivity contribution in [3.05, 3.63) is 0 Å². The molecule has 18 nitrogen and oxygen atoms in total. The molecule has 0 heterocycles. The molecule has 0 aromatic heterocycles. The smallest absolute Gasteiger partial charge is 0.329 e. The van der Waals surface area contributed by atoms with Gasteiger partial charge >= 0.3 is 38.0 Å². The molecule has 0 bridgehead atoms. The fraction of sp³-hybridized carbons (Fsp3) is 1.00. The Labute approximate surface area is 182 Å². The molecule has 0 saturated carbocycles. The summed E-state index contributed by atoms with van der Waals surface area (Å²) < 4.78 is 58.8. The lowest BCUT2D eigenvalue weighted by molar-refractivity contribution is 0.105. The van der Waals surface area contributed by atoms with Crippen LogP contribution in [0, 0.1) is 0 Å². The summed E-state index contributed by atoms with van der Waals surface area (Å²) in [6.45, 7) is -0.634. The molecule has 0 aliphatic carbocycles. The summed E-state index contributed by atoms with van der Waals surface area (Å²) >= 11 is 0. The average molecular weight is 573 g/mol. The fourth-order valence-electron chi connectivity index (χ4n) is 3.10. The Hall–Kier alpha value is 0.630. The third-order valence-electron chi connectivity index (χ3n) is 3.90. The zero-order valence-corrected chi connectivity index (χ0v) is 20.8. The first-order valence-corrected chi connectivity index (χ1v) is 17.3. The predicted molar refractivity (Wildman–Crippen MR) is 110 cm³/mol. The van der Waals surface area contributed by atoms with Crippen LogP contribution in [0.15, 0.2) is 0 Å². The van der Waals surface area contributed by atoms with Gasteiger partial charge < -0.3 is 60.0 Å². The molecule has 0 fully saturated rings. The maximum absolute atomic E-state index is 11.9. The van der Waals surface area contributed by atoms with E-state index in [1.807, 2.05) is 0 Å². The van der Waals surface area contributed by atoms with Crippen LogP contribution in [-0.2, 0) is 22.8 Å². The molecular weight excluding hydrogens is 545 g/mol. The molecule has 0 spiro atoms. The normalized spacial score (nSPS) is 15.9. The maximum atomic E-state index is 11.9. The Balaban J connectivity index is 7.25. The molecule has 0 saturated heterocycles. The minimum Gasteiger partial charge on any atom is -0.329 e. The van der Waals surface area contributed by atoms with E-state index in [9.17, 15) is 71.8 Å². The highest BCUT2D eigenvalue weighted by Crippen LogP contribution is 2.54. The summed E-state index contributed by atoms with van der Waals surface area (Å²) in [6.07, 6.45) is -8.09. The minimum absolute atomic E-state index is 0.0522. The fourth-order valence-corrected chi connectivity index (χ4v) is 8.52. The molecule has 0 aromatic carbocycles. The molecule has 13 N–H and O–H groups in total. The summed E-state index contributed by atoms with van der Waals surface area (Å²) in [5.74, 6) is 0. The van der Waals surface area contributed by atoms with E-state index in [1.54, 1.807) is 0 Å². The monoisotopic (exact) mass is 573 g/mol. The first-order valence-electron chi connectivity index (χ1n) is 8.30. The second-order valence-electron chi connectivity index (χ2n) is 7.04. The highest BCUT2D eigenvalue weighted by molar-refractivity contribution is 7.54. The van der Waals surface area contributed by atoms with Gasteiger partial charge in [-0.3, -0.25) is 27.7 Å². The molecular formula is C9H28N3O15P5. The van der Waals surface area contributed by atoms with Crippen molar-refractivity contribution in [3.63, 3.8) is 0 Å². The second-order valence-corrected chi connectivity index (χ2v) is 15.3. The van der Waals surface area contributed by atoms with E-state index in [-0.39, 0.29) is 18.0 Å². The Bertz CT molecular complexity index is 805. The molecule has 32 heavy (non-hydrogen) atoms. The van der Waals surface area contributed by atoms with Gasteiger partial charge in [-0.2, -0.15) is 0 Å². The topological polar surface area (TPSA) is 329 Å². The van der Waals surface area contributed by atoms with Gasteiger partial charge in [0.1, 0.15) is 12.6 Å². The van der Waals surface area contributed by atoms with Gasteiger partial charge in [-0.05, 0) is 0 Å². The van der Waals surface area contributed by atoms with Crippen molar-refractivity contribution in [2.24, 2.45) is 5.73 Å². The second kappa shape index (κ2) is 11.6. The van der Waals surface area contributed by atoms with Gasteiger partial charge in [0.2, 0.25) is 0 Å². The quantitative estimate of drug-likeness (QED) is 0.0855. The predicted octanol–water partition coefficient (Wildman–Crippen LogP) is -3.25. The number of hydrogen-bond acceptors (Lipinski definition) is 8. The summed E-state index contributed by atoms with van der Waals surface area (Å²) in [5, 5.41) is 2.31. The van der Waals surface area contributed by atoms with Crippen LogP contribution in [-0.4, -0.2) is 110 Å². The highest BCUT2D eigenvalue weighted by Gasteiger charge is 2.55. The van der Waals surface area contributed by atoms with E-state index in [4.69, 9.17) is 5.73 Å². The lowest BCUT2D eigenvalue weighted by Gasteiger charge is -2.49. The van der Waals surface area contributed by atoms with E-state index in [1.165, 1.54) is 0 Å². The SMILES string of the molecule is NCCNC(CP(=O)(O)O)C(CP(=O)(O)O)(CP(=O)(O)O)N(CP(=O)(O)O)CP(=O)(O)O. The lowest BCUT2D eigenvalue weighted by atomic mass is 9.93. The van der Waals surface area contributed by atoms with Gasteiger partial charge in [0.05, 0.1) is 24.0 Å². The molecule has 23 heteroatoms. The highest BCUT2D eigenvalue weighted by atomic mass is 31.2. The van der Waals surface area contributed by atoms with Crippen LogP contribution in [0.2, 0.25) is 0 Å². The number of nitrogens with one attached hydrogen (secondary N) is 1. The van der Waals surface area contributed by atoms with Crippen molar-refractivity contribution in [2.45, 2.75) is 11.6 Å². The van der Waals surface area contributed by atoms with Crippen LogP contribution < -0.4 is 11.1 Å². The molecule has 0 aliphatic rings. The van der Waals surface area contributed by atoms with Crippen molar-refractivity contribution in [2.75, 3.05) is 44.1 Å². The Morgan fingerprint density at radius 1 is 0.688 bits per heavy atom. The van der Waals surface area contributed by atoms with E-state index in [0.717, 1.165) is 0 Å². The summed E-state index contributed by atoms with van der Waals surface area (Å²) in [7, 11) is -26.6. The standard InChI is InChI=1S/C9H28N3O15P5/c10-1-2-11-8(3-28(13,14)15)9(4-29(16,17)18,5-30(19,20)21)12(6-31(22,23)24)7-32(25,26)27/h8,11H,1-7,10H2,(H2,13,14,15)(H2,16,17,18)(H2,19,20,21)(H2,22,23,24)(H2,25,26,27). The van der Waals surface area contributed by atoms with Crippen LogP contribution in [0.3, 0.4) is 0 Å².